The van der Waals surface area contributed by atoms with Crippen molar-refractivity contribution in [2.24, 2.45) is 0 Å². The zero-order valence-corrected chi connectivity index (χ0v) is 11.6. The van der Waals surface area contributed by atoms with Crippen LogP contribution in [0.2, 0.25) is 0 Å². The second-order valence-electron chi connectivity index (χ2n) is 3.76. The zero-order valence-electron chi connectivity index (χ0n) is 10.0. The Hall–Kier alpha value is -1.11. The van der Waals surface area contributed by atoms with E-state index >= 15 is 0 Å². The molecule has 0 atom stereocenters. The number of rotatable bonds is 4. The highest BCUT2D eigenvalue weighted by Gasteiger charge is 2.20. The first-order chi connectivity index (χ1) is 8.72. The topological polar surface area (TPSA) is 48.0 Å². The van der Waals surface area contributed by atoms with Crippen molar-refractivity contribution in [1.29, 1.82) is 0 Å². The molecule has 1 aromatic carbocycles. The number of methoxy groups -OCH3 is 1. The first-order valence-corrected chi connectivity index (χ1v) is 6.31. The number of amides is 1. The van der Waals surface area contributed by atoms with Gasteiger partial charge in [-0.25, -0.2) is 0 Å². The summed E-state index contributed by atoms with van der Waals surface area (Å²) < 4.78 is 16.1. The highest BCUT2D eigenvalue weighted by molar-refractivity contribution is 9.10. The van der Waals surface area contributed by atoms with Gasteiger partial charge in [0.1, 0.15) is 12.4 Å². The Morgan fingerprint density at radius 3 is 3.00 bits per heavy atom. The maximum absolute atomic E-state index is 11.7. The number of carbonyl (C=O) groups is 1. The standard InChI is InChI=1S/C12H14BrNO4/c1-16-8-18-11-3-2-9(6-10(11)13)14-4-5-17-7-12(14)15/h2-3,6H,4-5,7-8H2,1H3. The molecule has 2 rings (SSSR count). The highest BCUT2D eigenvalue weighted by Crippen LogP contribution is 2.30. The summed E-state index contributed by atoms with van der Waals surface area (Å²) in [6, 6.07) is 5.51. The van der Waals surface area contributed by atoms with E-state index < -0.39 is 0 Å². The highest BCUT2D eigenvalue weighted by atomic mass is 79.9. The van der Waals surface area contributed by atoms with Crippen LogP contribution in [0, 0.1) is 0 Å². The molecule has 0 N–H and O–H groups in total. The fourth-order valence-corrected chi connectivity index (χ4v) is 2.17. The average Bonchev–Trinajstić information content (AvgIpc) is 2.38. The van der Waals surface area contributed by atoms with Crippen LogP contribution in [0.3, 0.4) is 0 Å². The van der Waals surface area contributed by atoms with Gasteiger partial charge < -0.3 is 19.1 Å². The Kier molecular flexibility index (Phi) is 4.57. The van der Waals surface area contributed by atoms with Gasteiger partial charge in [0.15, 0.2) is 6.79 Å². The van der Waals surface area contributed by atoms with Gasteiger partial charge in [-0.2, -0.15) is 0 Å². The number of hydrogen-bond acceptors (Lipinski definition) is 4. The molecule has 1 fully saturated rings. The molecule has 0 bridgehead atoms. The summed E-state index contributed by atoms with van der Waals surface area (Å²) in [7, 11) is 1.56. The summed E-state index contributed by atoms with van der Waals surface area (Å²) in [5.74, 6) is 0.653. The molecule has 1 aliphatic heterocycles. The van der Waals surface area contributed by atoms with Crippen LogP contribution < -0.4 is 9.64 Å². The van der Waals surface area contributed by atoms with E-state index in [1.54, 1.807) is 18.1 Å². The van der Waals surface area contributed by atoms with Crippen LogP contribution in [0.5, 0.6) is 5.75 Å². The van der Waals surface area contributed by atoms with Crippen LogP contribution in [-0.4, -0.2) is 39.6 Å². The van der Waals surface area contributed by atoms with E-state index in [1.165, 1.54) is 0 Å². The van der Waals surface area contributed by atoms with E-state index in [9.17, 15) is 4.79 Å². The van der Waals surface area contributed by atoms with E-state index in [-0.39, 0.29) is 19.3 Å². The fourth-order valence-electron chi connectivity index (χ4n) is 1.69. The van der Waals surface area contributed by atoms with E-state index in [0.29, 0.717) is 18.9 Å². The van der Waals surface area contributed by atoms with E-state index in [0.717, 1.165) is 10.2 Å². The monoisotopic (exact) mass is 315 g/mol. The molecule has 0 saturated carbocycles. The van der Waals surface area contributed by atoms with Crippen LogP contribution >= 0.6 is 15.9 Å². The van der Waals surface area contributed by atoms with E-state index in [4.69, 9.17) is 14.2 Å². The van der Waals surface area contributed by atoms with Gasteiger partial charge in [0.25, 0.3) is 5.91 Å². The summed E-state index contributed by atoms with van der Waals surface area (Å²) >= 11 is 3.41. The number of halogens is 1. The fraction of sp³-hybridized carbons (Fsp3) is 0.417. The van der Waals surface area contributed by atoms with Crippen molar-refractivity contribution in [2.45, 2.75) is 0 Å². The van der Waals surface area contributed by atoms with Crippen molar-refractivity contribution in [3.63, 3.8) is 0 Å². The SMILES string of the molecule is COCOc1ccc(N2CCOCC2=O)cc1Br. The Labute approximate surface area is 114 Å². The van der Waals surface area contributed by atoms with Crippen molar-refractivity contribution < 1.29 is 19.0 Å². The van der Waals surface area contributed by atoms with Gasteiger partial charge in [0.05, 0.1) is 11.1 Å². The van der Waals surface area contributed by atoms with Crippen molar-refractivity contribution in [2.75, 3.05) is 38.6 Å². The van der Waals surface area contributed by atoms with Gasteiger partial charge in [-0.3, -0.25) is 4.79 Å². The maximum atomic E-state index is 11.7. The quantitative estimate of drug-likeness (QED) is 0.795. The van der Waals surface area contributed by atoms with Crippen molar-refractivity contribution in [3.05, 3.63) is 22.7 Å². The molecule has 1 saturated heterocycles. The van der Waals surface area contributed by atoms with Gasteiger partial charge in [-0.15, -0.1) is 0 Å². The first kappa shape index (κ1) is 13.3. The molecule has 0 spiro atoms. The summed E-state index contributed by atoms with van der Waals surface area (Å²) in [4.78, 5) is 13.4. The third-order valence-corrected chi connectivity index (χ3v) is 3.16. The molecule has 0 aliphatic carbocycles. The molecule has 0 unspecified atom stereocenters. The summed E-state index contributed by atoms with van der Waals surface area (Å²) in [6.07, 6.45) is 0. The predicted octanol–water partition coefficient (Wildman–Crippen LogP) is 1.79. The lowest BCUT2D eigenvalue weighted by atomic mass is 10.2. The minimum atomic E-state index is -0.0290. The number of anilines is 1. The van der Waals surface area contributed by atoms with Crippen LogP contribution in [0.1, 0.15) is 0 Å². The third-order valence-electron chi connectivity index (χ3n) is 2.55. The molecule has 1 aliphatic rings. The van der Waals surface area contributed by atoms with Crippen molar-refractivity contribution in [3.8, 4) is 5.75 Å². The second kappa shape index (κ2) is 6.17. The van der Waals surface area contributed by atoms with E-state index in [2.05, 4.69) is 15.9 Å². The largest absolute Gasteiger partial charge is 0.466 e. The molecule has 0 radical (unpaired) electrons. The molecule has 1 aromatic rings. The van der Waals surface area contributed by atoms with Gasteiger partial charge in [0, 0.05) is 19.3 Å². The molecule has 5 nitrogen and oxygen atoms in total. The minimum absolute atomic E-state index is 0.0290. The molecule has 18 heavy (non-hydrogen) atoms. The Morgan fingerprint density at radius 1 is 1.50 bits per heavy atom. The number of benzene rings is 1. The first-order valence-electron chi connectivity index (χ1n) is 5.52. The van der Waals surface area contributed by atoms with Gasteiger partial charge in [0.2, 0.25) is 0 Å². The zero-order chi connectivity index (χ0) is 13.0. The molecular formula is C12H14BrNO4. The number of hydrogen-bond donors (Lipinski definition) is 0. The predicted molar refractivity (Wildman–Crippen MR) is 69.8 cm³/mol. The van der Waals surface area contributed by atoms with E-state index in [1.807, 2.05) is 12.1 Å². The van der Waals surface area contributed by atoms with Crippen LogP contribution in [0.4, 0.5) is 5.69 Å². The molecule has 1 amide bonds. The maximum Gasteiger partial charge on any atom is 0.253 e. The molecule has 0 aromatic heterocycles. The Bertz CT molecular complexity index is 438. The number of ether oxygens (including phenoxy) is 3. The normalized spacial score (nSPS) is 15.9. The number of nitrogens with zero attached hydrogens (tertiary/aromatic N) is 1. The summed E-state index contributed by atoms with van der Waals surface area (Å²) in [5, 5.41) is 0. The van der Waals surface area contributed by atoms with Gasteiger partial charge >= 0.3 is 0 Å². The molecule has 1 heterocycles. The second-order valence-corrected chi connectivity index (χ2v) is 4.62. The molecular weight excluding hydrogens is 302 g/mol. The number of morpholine rings is 1. The van der Waals surface area contributed by atoms with Crippen LogP contribution in [0.25, 0.3) is 0 Å². The van der Waals surface area contributed by atoms with Gasteiger partial charge in [-0.1, -0.05) is 0 Å². The number of carbonyl (C=O) groups excluding carboxylic acids is 1. The summed E-state index contributed by atoms with van der Waals surface area (Å²) in [6.45, 7) is 1.46. The third kappa shape index (κ3) is 3.01. The van der Waals surface area contributed by atoms with Crippen LogP contribution in [-0.2, 0) is 14.3 Å². The Balaban J connectivity index is 2.14. The Morgan fingerprint density at radius 2 is 2.33 bits per heavy atom. The molecule has 98 valence electrons. The molecule has 6 heteroatoms. The lowest BCUT2D eigenvalue weighted by Gasteiger charge is -2.27. The smallest absolute Gasteiger partial charge is 0.253 e. The summed E-state index contributed by atoms with van der Waals surface area (Å²) in [5.41, 5.74) is 0.833. The van der Waals surface area contributed by atoms with Crippen molar-refractivity contribution >= 4 is 27.5 Å². The minimum Gasteiger partial charge on any atom is -0.466 e. The lowest BCUT2D eigenvalue weighted by Crippen LogP contribution is -2.41. The van der Waals surface area contributed by atoms with Gasteiger partial charge in [-0.05, 0) is 34.1 Å². The average molecular weight is 316 g/mol. The lowest BCUT2D eigenvalue weighted by molar-refractivity contribution is -0.125. The van der Waals surface area contributed by atoms with Crippen molar-refractivity contribution in [1.82, 2.24) is 0 Å². The van der Waals surface area contributed by atoms with Crippen LogP contribution in [0.15, 0.2) is 22.7 Å².